The van der Waals surface area contributed by atoms with Crippen molar-refractivity contribution in [2.45, 2.75) is 26.4 Å². The Balaban J connectivity index is 4.19. The van der Waals surface area contributed by atoms with Gasteiger partial charge < -0.3 is 19.4 Å². The fourth-order valence-electron chi connectivity index (χ4n) is 1.51. The van der Waals surface area contributed by atoms with Gasteiger partial charge in [0.1, 0.15) is 12.1 Å². The SMILES string of the molecule is CN(CCP)CCN(C)C(=O)CN(C)C(=O)OC(C)(C)C. The van der Waals surface area contributed by atoms with Crippen LogP contribution >= 0.6 is 9.24 Å². The second-order valence-corrected chi connectivity index (χ2v) is 6.82. The Morgan fingerprint density at radius 2 is 1.57 bits per heavy atom. The molecule has 1 atom stereocenters. The Hall–Kier alpha value is -0.870. The van der Waals surface area contributed by atoms with Crippen molar-refractivity contribution < 1.29 is 14.3 Å². The van der Waals surface area contributed by atoms with Crippen LogP contribution in [0.3, 0.4) is 0 Å². The van der Waals surface area contributed by atoms with E-state index in [0.29, 0.717) is 6.54 Å². The first-order valence-electron chi connectivity index (χ1n) is 7.13. The Bertz CT molecular complexity index is 345. The van der Waals surface area contributed by atoms with E-state index in [4.69, 9.17) is 4.74 Å². The van der Waals surface area contributed by atoms with Gasteiger partial charge >= 0.3 is 6.09 Å². The molecule has 0 aromatic carbocycles. The summed E-state index contributed by atoms with van der Waals surface area (Å²) in [5, 5.41) is 0. The predicted octanol–water partition coefficient (Wildman–Crippen LogP) is 1.12. The third-order valence-electron chi connectivity index (χ3n) is 2.83. The summed E-state index contributed by atoms with van der Waals surface area (Å²) in [7, 11) is 8.03. The number of rotatable bonds is 7. The molecule has 2 amide bonds. The lowest BCUT2D eigenvalue weighted by Gasteiger charge is -2.26. The summed E-state index contributed by atoms with van der Waals surface area (Å²) in [5.74, 6) is -0.0948. The van der Waals surface area contributed by atoms with E-state index in [1.165, 1.54) is 4.90 Å². The van der Waals surface area contributed by atoms with Crippen molar-refractivity contribution >= 4 is 21.2 Å². The molecule has 124 valence electrons. The minimum Gasteiger partial charge on any atom is -0.444 e. The molecular weight excluding hydrogens is 289 g/mol. The zero-order valence-electron chi connectivity index (χ0n) is 14.2. The van der Waals surface area contributed by atoms with Crippen LogP contribution in [0.15, 0.2) is 0 Å². The minimum absolute atomic E-state index is 0.0265. The lowest BCUT2D eigenvalue weighted by Crippen LogP contribution is -2.43. The van der Waals surface area contributed by atoms with Crippen LogP contribution in [0.5, 0.6) is 0 Å². The average molecular weight is 319 g/mol. The van der Waals surface area contributed by atoms with Crippen LogP contribution in [-0.4, -0.2) is 85.8 Å². The molecule has 0 N–H and O–H groups in total. The molecule has 0 aromatic heterocycles. The van der Waals surface area contributed by atoms with Gasteiger partial charge in [-0.2, -0.15) is 0 Å². The topological polar surface area (TPSA) is 53.1 Å². The molecule has 0 spiro atoms. The van der Waals surface area contributed by atoms with E-state index in [-0.39, 0.29) is 12.5 Å². The maximum Gasteiger partial charge on any atom is 0.410 e. The van der Waals surface area contributed by atoms with Gasteiger partial charge in [-0.1, -0.05) is 0 Å². The van der Waals surface area contributed by atoms with Gasteiger partial charge in [0.25, 0.3) is 0 Å². The quantitative estimate of drug-likeness (QED) is 0.660. The number of nitrogens with zero attached hydrogens (tertiary/aromatic N) is 3. The summed E-state index contributed by atoms with van der Waals surface area (Å²) in [6, 6.07) is 0. The van der Waals surface area contributed by atoms with Crippen molar-refractivity contribution in [1.29, 1.82) is 0 Å². The van der Waals surface area contributed by atoms with Gasteiger partial charge in [0.15, 0.2) is 0 Å². The fraction of sp³-hybridized carbons (Fsp3) is 0.857. The largest absolute Gasteiger partial charge is 0.444 e. The first kappa shape index (κ1) is 20.1. The molecular formula is C14H30N3O3P. The molecule has 0 aliphatic heterocycles. The van der Waals surface area contributed by atoms with Gasteiger partial charge in [0.05, 0.1) is 0 Å². The van der Waals surface area contributed by atoms with Crippen LogP contribution in [0.4, 0.5) is 4.79 Å². The normalized spacial score (nSPS) is 11.4. The van der Waals surface area contributed by atoms with Crippen LogP contribution < -0.4 is 0 Å². The van der Waals surface area contributed by atoms with E-state index in [1.54, 1.807) is 39.8 Å². The number of ether oxygens (including phenoxy) is 1. The predicted molar refractivity (Wildman–Crippen MR) is 88.6 cm³/mol. The number of carbonyl (C=O) groups excluding carboxylic acids is 2. The van der Waals surface area contributed by atoms with Gasteiger partial charge in [0, 0.05) is 33.7 Å². The van der Waals surface area contributed by atoms with Crippen molar-refractivity contribution in [2.75, 3.05) is 53.5 Å². The molecule has 0 aliphatic rings. The first-order chi connectivity index (χ1) is 9.56. The fourth-order valence-corrected chi connectivity index (χ4v) is 1.95. The van der Waals surface area contributed by atoms with Crippen LogP contribution in [-0.2, 0) is 9.53 Å². The lowest BCUT2D eigenvalue weighted by atomic mass is 10.2. The van der Waals surface area contributed by atoms with Gasteiger partial charge in [-0.15, -0.1) is 9.24 Å². The van der Waals surface area contributed by atoms with Gasteiger partial charge in [-0.3, -0.25) is 4.79 Å². The van der Waals surface area contributed by atoms with Crippen LogP contribution in [0.25, 0.3) is 0 Å². The molecule has 0 fully saturated rings. The number of carbonyl (C=O) groups is 2. The van der Waals surface area contributed by atoms with Crippen LogP contribution in [0.2, 0.25) is 0 Å². The third-order valence-corrected chi connectivity index (χ3v) is 3.09. The van der Waals surface area contributed by atoms with E-state index in [9.17, 15) is 9.59 Å². The molecule has 0 radical (unpaired) electrons. The Morgan fingerprint density at radius 1 is 1.00 bits per heavy atom. The average Bonchev–Trinajstić information content (AvgIpc) is 2.33. The second kappa shape index (κ2) is 9.21. The van der Waals surface area contributed by atoms with Crippen LogP contribution in [0, 0.1) is 0 Å². The molecule has 0 saturated carbocycles. The minimum atomic E-state index is -0.554. The van der Waals surface area contributed by atoms with E-state index in [1.807, 2.05) is 7.05 Å². The zero-order chi connectivity index (χ0) is 16.6. The number of amides is 2. The van der Waals surface area contributed by atoms with Crippen LogP contribution in [0.1, 0.15) is 20.8 Å². The molecule has 21 heavy (non-hydrogen) atoms. The first-order valence-corrected chi connectivity index (χ1v) is 7.95. The molecule has 0 bridgehead atoms. The molecule has 0 heterocycles. The van der Waals surface area contributed by atoms with Gasteiger partial charge in [-0.05, 0) is 34.0 Å². The molecule has 1 unspecified atom stereocenters. The maximum absolute atomic E-state index is 12.0. The Morgan fingerprint density at radius 3 is 2.05 bits per heavy atom. The summed E-state index contributed by atoms with van der Waals surface area (Å²) in [6.07, 6.45) is 0.527. The Kier molecular flexibility index (Phi) is 8.83. The molecule has 0 rings (SSSR count). The number of hydrogen-bond donors (Lipinski definition) is 0. The third kappa shape index (κ3) is 9.64. The summed E-state index contributed by atoms with van der Waals surface area (Å²) in [4.78, 5) is 28.9. The van der Waals surface area contributed by atoms with E-state index < -0.39 is 11.7 Å². The van der Waals surface area contributed by atoms with Crippen molar-refractivity contribution in [3.63, 3.8) is 0 Å². The Labute approximate surface area is 131 Å². The monoisotopic (exact) mass is 319 g/mol. The van der Waals surface area contributed by atoms with Gasteiger partial charge in [0.2, 0.25) is 5.91 Å². The van der Waals surface area contributed by atoms with Crippen molar-refractivity contribution in [1.82, 2.24) is 14.7 Å². The molecule has 0 aromatic rings. The smallest absolute Gasteiger partial charge is 0.410 e. The van der Waals surface area contributed by atoms with E-state index >= 15 is 0 Å². The van der Waals surface area contributed by atoms with Crippen molar-refractivity contribution in [3.8, 4) is 0 Å². The number of hydrogen-bond acceptors (Lipinski definition) is 4. The zero-order valence-corrected chi connectivity index (χ0v) is 15.3. The van der Waals surface area contributed by atoms with E-state index in [0.717, 1.165) is 19.3 Å². The highest BCUT2D eigenvalue weighted by atomic mass is 31.0. The highest BCUT2D eigenvalue weighted by Gasteiger charge is 2.22. The molecule has 7 heteroatoms. The summed E-state index contributed by atoms with van der Waals surface area (Å²) in [6.45, 7) is 7.86. The molecule has 0 aliphatic carbocycles. The van der Waals surface area contributed by atoms with E-state index in [2.05, 4.69) is 14.1 Å². The van der Waals surface area contributed by atoms with Crippen molar-refractivity contribution in [3.05, 3.63) is 0 Å². The maximum atomic E-state index is 12.0. The second-order valence-electron chi connectivity index (χ2n) is 6.24. The standard InChI is InChI=1S/C14H30N3O3P/c1-14(2,3)20-13(19)17(6)11-12(18)16(5)8-7-15(4)9-10-21/h7-11,21H2,1-6H3. The summed E-state index contributed by atoms with van der Waals surface area (Å²) in [5.41, 5.74) is -0.554. The molecule has 6 nitrogen and oxygen atoms in total. The highest BCUT2D eigenvalue weighted by molar-refractivity contribution is 7.16. The summed E-state index contributed by atoms with van der Waals surface area (Å²) < 4.78 is 5.22. The van der Waals surface area contributed by atoms with Gasteiger partial charge in [-0.25, -0.2) is 4.79 Å². The molecule has 0 saturated heterocycles. The summed E-state index contributed by atoms with van der Waals surface area (Å²) >= 11 is 0. The number of likely N-dealkylation sites (N-methyl/N-ethyl adjacent to an activating group) is 3. The highest BCUT2D eigenvalue weighted by Crippen LogP contribution is 2.09. The lowest BCUT2D eigenvalue weighted by molar-refractivity contribution is -0.130. The van der Waals surface area contributed by atoms with Crippen molar-refractivity contribution in [2.24, 2.45) is 0 Å².